The molecule has 1 amide bonds. The van der Waals surface area contributed by atoms with Gasteiger partial charge in [-0.2, -0.15) is 5.26 Å². The number of carbonyl (C=O) groups is 1. The van der Waals surface area contributed by atoms with E-state index in [2.05, 4.69) is 17.9 Å². The van der Waals surface area contributed by atoms with Gasteiger partial charge in [0.05, 0.1) is 4.91 Å². The Morgan fingerprint density at radius 1 is 1.08 bits per heavy atom. The number of amides is 1. The standard InChI is InChI=1S/C29H34N4O2S2/c1-3-4-17-32-26(31-15-10-5-6-11-16-31)23(21(2)24(20-30)27(32)34)19-25-28(35)33(29(36)37-25)18-14-22-12-8-7-9-13-22/h7-9,12-13,19H,3-6,10-11,14-18H2,1-2H3/b25-19-. The molecule has 0 N–H and O–H groups in total. The molecular weight excluding hydrogens is 500 g/mol. The van der Waals surface area contributed by atoms with Crippen LogP contribution < -0.4 is 10.5 Å². The number of nitrogens with zero attached hydrogens (tertiary/aromatic N) is 4. The van der Waals surface area contributed by atoms with Crippen molar-refractivity contribution in [3.8, 4) is 6.07 Å². The van der Waals surface area contributed by atoms with Gasteiger partial charge in [0.1, 0.15) is 21.8 Å². The number of hydrogen-bond acceptors (Lipinski definition) is 6. The number of nitriles is 1. The molecule has 6 nitrogen and oxygen atoms in total. The van der Waals surface area contributed by atoms with Crippen molar-refractivity contribution in [2.45, 2.75) is 65.3 Å². The van der Waals surface area contributed by atoms with Crippen LogP contribution in [-0.2, 0) is 17.8 Å². The molecule has 2 aliphatic rings. The van der Waals surface area contributed by atoms with Crippen molar-refractivity contribution < 1.29 is 4.79 Å². The van der Waals surface area contributed by atoms with Crippen LogP contribution in [0.1, 0.15) is 67.7 Å². The molecule has 4 rings (SSSR count). The second-order valence-electron chi connectivity index (χ2n) is 9.63. The number of rotatable bonds is 8. The van der Waals surface area contributed by atoms with Crippen LogP contribution in [0.15, 0.2) is 40.0 Å². The lowest BCUT2D eigenvalue weighted by Gasteiger charge is -2.29. The molecule has 1 aromatic carbocycles. The molecule has 1 aromatic heterocycles. The van der Waals surface area contributed by atoms with E-state index in [1.807, 2.05) is 43.3 Å². The van der Waals surface area contributed by atoms with E-state index in [1.54, 1.807) is 9.47 Å². The van der Waals surface area contributed by atoms with Crippen molar-refractivity contribution in [2.75, 3.05) is 24.5 Å². The van der Waals surface area contributed by atoms with Gasteiger partial charge in [0, 0.05) is 31.7 Å². The third-order valence-corrected chi connectivity index (χ3v) is 8.48. The predicted molar refractivity (Wildman–Crippen MR) is 156 cm³/mol. The van der Waals surface area contributed by atoms with Crippen LogP contribution in [0, 0.1) is 18.3 Å². The molecule has 0 aliphatic carbocycles. The Bertz CT molecular complexity index is 1290. The van der Waals surface area contributed by atoms with Crippen molar-refractivity contribution in [3.05, 3.63) is 67.8 Å². The Morgan fingerprint density at radius 2 is 1.78 bits per heavy atom. The lowest BCUT2D eigenvalue weighted by Crippen LogP contribution is -2.35. The number of aromatic nitrogens is 1. The molecule has 0 radical (unpaired) electrons. The zero-order chi connectivity index (χ0) is 26.4. The summed E-state index contributed by atoms with van der Waals surface area (Å²) < 4.78 is 2.32. The third-order valence-electron chi connectivity index (χ3n) is 7.10. The van der Waals surface area contributed by atoms with Crippen LogP contribution in [0.2, 0.25) is 0 Å². The number of thioether (sulfide) groups is 1. The molecule has 0 saturated carbocycles. The molecule has 0 bridgehead atoms. The Balaban J connectivity index is 1.77. The Hall–Kier alpha value is -2.89. The first-order valence-corrected chi connectivity index (χ1v) is 14.4. The van der Waals surface area contributed by atoms with E-state index in [0.29, 0.717) is 27.9 Å². The molecule has 2 aromatic rings. The summed E-state index contributed by atoms with van der Waals surface area (Å²) in [6.45, 7) is 6.70. The van der Waals surface area contributed by atoms with Crippen LogP contribution in [0.5, 0.6) is 0 Å². The first kappa shape index (κ1) is 27.2. The van der Waals surface area contributed by atoms with Gasteiger partial charge in [-0.05, 0) is 49.8 Å². The summed E-state index contributed by atoms with van der Waals surface area (Å²) in [6, 6.07) is 12.2. The normalized spacial score (nSPS) is 17.4. The lowest BCUT2D eigenvalue weighted by molar-refractivity contribution is -0.122. The van der Waals surface area contributed by atoms with Gasteiger partial charge < -0.3 is 4.90 Å². The SMILES string of the molecule is CCCCn1c(N2CCCCCC2)c(/C=C2\SC(=S)N(CCc3ccccc3)C2=O)c(C)c(C#N)c1=O. The fourth-order valence-corrected chi connectivity index (χ4v) is 6.29. The Morgan fingerprint density at radius 3 is 2.43 bits per heavy atom. The number of benzene rings is 1. The first-order valence-electron chi connectivity index (χ1n) is 13.2. The van der Waals surface area contributed by atoms with Gasteiger partial charge in [0.2, 0.25) is 0 Å². The fraction of sp³-hybridized carbons (Fsp3) is 0.448. The summed E-state index contributed by atoms with van der Waals surface area (Å²) in [7, 11) is 0. The van der Waals surface area contributed by atoms with E-state index in [4.69, 9.17) is 12.2 Å². The Labute approximate surface area is 229 Å². The maximum Gasteiger partial charge on any atom is 0.270 e. The first-order chi connectivity index (χ1) is 18.0. The monoisotopic (exact) mass is 534 g/mol. The topological polar surface area (TPSA) is 69.3 Å². The number of thiocarbonyl (C=S) groups is 1. The molecule has 37 heavy (non-hydrogen) atoms. The molecule has 0 atom stereocenters. The predicted octanol–water partition coefficient (Wildman–Crippen LogP) is 5.65. The van der Waals surface area contributed by atoms with Crippen LogP contribution in [-0.4, -0.2) is 39.3 Å². The minimum absolute atomic E-state index is 0.114. The third kappa shape index (κ3) is 6.00. The summed E-state index contributed by atoms with van der Waals surface area (Å²) in [4.78, 5) is 31.4. The molecular formula is C29H34N4O2S2. The summed E-state index contributed by atoms with van der Waals surface area (Å²) in [5.74, 6) is 0.725. The van der Waals surface area contributed by atoms with Gasteiger partial charge in [-0.3, -0.25) is 19.1 Å². The van der Waals surface area contributed by atoms with Gasteiger partial charge in [0.25, 0.3) is 11.5 Å². The lowest BCUT2D eigenvalue weighted by atomic mass is 10.0. The van der Waals surface area contributed by atoms with Gasteiger partial charge in [-0.25, -0.2) is 0 Å². The van der Waals surface area contributed by atoms with E-state index in [-0.39, 0.29) is 17.0 Å². The molecule has 2 fully saturated rings. The molecule has 3 heterocycles. The average Bonchev–Trinajstić information content (AvgIpc) is 3.06. The van der Waals surface area contributed by atoms with Crippen molar-refractivity contribution in [2.24, 2.45) is 0 Å². The zero-order valence-electron chi connectivity index (χ0n) is 21.7. The smallest absolute Gasteiger partial charge is 0.270 e. The highest BCUT2D eigenvalue weighted by molar-refractivity contribution is 8.26. The van der Waals surface area contributed by atoms with Gasteiger partial charge in [-0.15, -0.1) is 0 Å². The van der Waals surface area contributed by atoms with Crippen LogP contribution in [0.3, 0.4) is 0 Å². The van der Waals surface area contributed by atoms with E-state index in [0.717, 1.165) is 62.1 Å². The molecule has 8 heteroatoms. The fourth-order valence-electron chi connectivity index (χ4n) is 5.00. The largest absolute Gasteiger partial charge is 0.357 e. The maximum atomic E-state index is 13.5. The number of unbranched alkanes of at least 4 members (excludes halogenated alkanes) is 1. The maximum absolute atomic E-state index is 13.5. The van der Waals surface area contributed by atoms with Gasteiger partial charge in [-0.1, -0.05) is 80.5 Å². The number of carbonyl (C=O) groups excluding carboxylic acids is 1. The van der Waals surface area contributed by atoms with Crippen LogP contribution in [0.25, 0.3) is 6.08 Å². The van der Waals surface area contributed by atoms with Crippen LogP contribution >= 0.6 is 24.0 Å². The minimum atomic E-state index is -0.236. The van der Waals surface area contributed by atoms with Crippen molar-refractivity contribution in [1.82, 2.24) is 9.47 Å². The molecule has 0 unspecified atom stereocenters. The van der Waals surface area contributed by atoms with Gasteiger partial charge in [0.15, 0.2) is 0 Å². The highest BCUT2D eigenvalue weighted by Crippen LogP contribution is 2.36. The Kier molecular flexibility index (Phi) is 9.23. The van der Waals surface area contributed by atoms with Crippen molar-refractivity contribution >= 4 is 46.1 Å². The quantitative estimate of drug-likeness (QED) is 0.322. The van der Waals surface area contributed by atoms with E-state index in [9.17, 15) is 14.9 Å². The number of anilines is 1. The summed E-state index contributed by atoms with van der Waals surface area (Å²) >= 11 is 6.90. The molecule has 194 valence electrons. The number of hydrogen-bond donors (Lipinski definition) is 0. The molecule has 0 spiro atoms. The zero-order valence-corrected chi connectivity index (χ0v) is 23.3. The summed E-state index contributed by atoms with van der Waals surface area (Å²) in [6.07, 6.45) is 8.83. The second kappa shape index (κ2) is 12.6. The van der Waals surface area contributed by atoms with Crippen molar-refractivity contribution in [1.29, 1.82) is 5.26 Å². The summed E-state index contributed by atoms with van der Waals surface area (Å²) in [5, 5.41) is 9.90. The van der Waals surface area contributed by atoms with Gasteiger partial charge >= 0.3 is 0 Å². The highest BCUT2D eigenvalue weighted by atomic mass is 32.2. The molecule has 2 saturated heterocycles. The van der Waals surface area contributed by atoms with E-state index in [1.165, 1.54) is 24.6 Å². The summed E-state index contributed by atoms with van der Waals surface area (Å²) in [5.41, 5.74) is 2.49. The second-order valence-corrected chi connectivity index (χ2v) is 11.3. The van der Waals surface area contributed by atoms with Crippen molar-refractivity contribution in [3.63, 3.8) is 0 Å². The number of pyridine rings is 1. The van der Waals surface area contributed by atoms with E-state index >= 15 is 0 Å². The minimum Gasteiger partial charge on any atom is -0.357 e. The van der Waals surface area contributed by atoms with Crippen LogP contribution in [0.4, 0.5) is 5.82 Å². The van der Waals surface area contributed by atoms with E-state index < -0.39 is 0 Å². The molecule has 2 aliphatic heterocycles. The average molecular weight is 535 g/mol. The highest BCUT2D eigenvalue weighted by Gasteiger charge is 2.33.